The molecule has 0 bridgehead atoms. The lowest BCUT2D eigenvalue weighted by atomic mass is 9.52. The van der Waals surface area contributed by atoms with Gasteiger partial charge in [-0.25, -0.2) is 0 Å². The topological polar surface area (TPSA) is 12.0 Å². The molecule has 0 saturated heterocycles. The fraction of sp³-hybridized carbons (Fsp3) is 0.714. The molecule has 2 unspecified atom stereocenters. The Morgan fingerprint density at radius 3 is 2.62 bits per heavy atom. The fourth-order valence-electron chi connectivity index (χ4n) is 3.50. The number of nitrogens with one attached hydrogen (secondary N) is 1. The molecule has 2 heteroatoms. The maximum Gasteiger partial charge on any atom is 0.0135 e. The minimum Gasteiger partial charge on any atom is -0.314 e. The van der Waals surface area contributed by atoms with Gasteiger partial charge in [0.1, 0.15) is 0 Å². The summed E-state index contributed by atoms with van der Waals surface area (Å²) in [5, 5.41) is 8.22. The van der Waals surface area contributed by atoms with Crippen molar-refractivity contribution in [2.45, 2.75) is 52.0 Å². The summed E-state index contributed by atoms with van der Waals surface area (Å²) in [6, 6.07) is 3.05. The molecule has 0 radical (unpaired) electrons. The Kier molecular flexibility index (Phi) is 3.70. The molecular weight excluding hydrogens is 214 g/mol. The first-order valence-corrected chi connectivity index (χ1v) is 7.48. The summed E-state index contributed by atoms with van der Waals surface area (Å²) >= 11 is 1.83. The van der Waals surface area contributed by atoms with E-state index in [4.69, 9.17) is 0 Å². The van der Waals surface area contributed by atoms with Gasteiger partial charge in [-0.05, 0) is 59.5 Å². The van der Waals surface area contributed by atoms with Crippen molar-refractivity contribution in [3.05, 3.63) is 22.4 Å². The number of rotatable bonds is 5. The molecule has 1 fully saturated rings. The molecule has 0 spiro atoms. The highest BCUT2D eigenvalue weighted by atomic mass is 32.1. The maximum atomic E-state index is 3.67. The number of hydrogen-bond acceptors (Lipinski definition) is 2. The van der Waals surface area contributed by atoms with E-state index in [0.29, 0.717) is 5.41 Å². The molecule has 1 aliphatic rings. The Labute approximate surface area is 103 Å². The van der Waals surface area contributed by atoms with Gasteiger partial charge in [0.05, 0.1) is 0 Å². The molecule has 1 aromatic heterocycles. The van der Waals surface area contributed by atoms with Gasteiger partial charge in [0.15, 0.2) is 0 Å². The molecule has 1 saturated carbocycles. The minimum atomic E-state index is 0.511. The number of thiophene rings is 1. The van der Waals surface area contributed by atoms with E-state index in [-0.39, 0.29) is 0 Å². The van der Waals surface area contributed by atoms with Gasteiger partial charge in [-0.2, -0.15) is 11.3 Å². The standard InChI is InChI=1S/C14H23NS/c1-4-14(5-2)12(9-13(14)15-6-3)11-7-8-16-10-11/h7-8,10,12-13,15H,4-6,9H2,1-3H3. The quantitative estimate of drug-likeness (QED) is 0.815. The molecule has 16 heavy (non-hydrogen) atoms. The van der Waals surface area contributed by atoms with Crippen LogP contribution in [0.15, 0.2) is 16.8 Å². The lowest BCUT2D eigenvalue weighted by Gasteiger charge is -2.56. The largest absolute Gasteiger partial charge is 0.314 e. The predicted molar refractivity (Wildman–Crippen MR) is 72.2 cm³/mol. The van der Waals surface area contributed by atoms with Crippen LogP contribution in [0, 0.1) is 5.41 Å². The van der Waals surface area contributed by atoms with Crippen LogP contribution in [0.3, 0.4) is 0 Å². The van der Waals surface area contributed by atoms with Crippen LogP contribution in [0.25, 0.3) is 0 Å². The molecule has 1 aromatic rings. The molecule has 1 N–H and O–H groups in total. The van der Waals surface area contributed by atoms with Gasteiger partial charge >= 0.3 is 0 Å². The minimum absolute atomic E-state index is 0.511. The molecule has 0 aliphatic heterocycles. The maximum absolute atomic E-state index is 3.67. The average molecular weight is 237 g/mol. The summed E-state index contributed by atoms with van der Waals surface area (Å²) in [4.78, 5) is 0. The first-order valence-electron chi connectivity index (χ1n) is 6.54. The van der Waals surface area contributed by atoms with E-state index >= 15 is 0 Å². The Morgan fingerprint density at radius 2 is 2.12 bits per heavy atom. The molecule has 90 valence electrons. The van der Waals surface area contributed by atoms with Gasteiger partial charge in [-0.15, -0.1) is 0 Å². The van der Waals surface area contributed by atoms with E-state index in [1.165, 1.54) is 19.3 Å². The van der Waals surface area contributed by atoms with Crippen molar-refractivity contribution in [3.8, 4) is 0 Å². The van der Waals surface area contributed by atoms with E-state index in [0.717, 1.165) is 18.5 Å². The molecule has 2 rings (SSSR count). The molecule has 0 aromatic carbocycles. The van der Waals surface area contributed by atoms with Crippen LogP contribution in [0.2, 0.25) is 0 Å². The summed E-state index contributed by atoms with van der Waals surface area (Å²) in [5.41, 5.74) is 2.08. The summed E-state index contributed by atoms with van der Waals surface area (Å²) in [6.07, 6.45) is 3.91. The summed E-state index contributed by atoms with van der Waals surface area (Å²) in [6.45, 7) is 8.02. The lowest BCUT2D eigenvalue weighted by molar-refractivity contribution is 0.0212. The highest BCUT2D eigenvalue weighted by Crippen LogP contribution is 2.57. The SMILES string of the molecule is CCNC1CC(c2ccsc2)C1(CC)CC. The molecule has 1 aliphatic carbocycles. The Bertz CT molecular complexity index is 313. The third-order valence-electron chi connectivity index (χ3n) is 4.57. The molecular formula is C14H23NS. The van der Waals surface area contributed by atoms with Crippen LogP contribution in [0.4, 0.5) is 0 Å². The van der Waals surface area contributed by atoms with Crippen molar-refractivity contribution < 1.29 is 0 Å². The van der Waals surface area contributed by atoms with Gasteiger partial charge in [0.25, 0.3) is 0 Å². The van der Waals surface area contributed by atoms with Crippen LogP contribution >= 0.6 is 11.3 Å². The number of hydrogen-bond donors (Lipinski definition) is 1. The predicted octanol–water partition coefficient (Wildman–Crippen LogP) is 4.02. The van der Waals surface area contributed by atoms with Crippen molar-refractivity contribution in [1.82, 2.24) is 5.32 Å². The van der Waals surface area contributed by atoms with Crippen molar-refractivity contribution >= 4 is 11.3 Å². The first kappa shape index (κ1) is 12.1. The van der Waals surface area contributed by atoms with E-state index < -0.39 is 0 Å². The molecule has 0 amide bonds. The van der Waals surface area contributed by atoms with Crippen molar-refractivity contribution in [2.24, 2.45) is 5.41 Å². The summed E-state index contributed by atoms with van der Waals surface area (Å²) in [5.74, 6) is 0.790. The average Bonchev–Trinajstić information content (AvgIpc) is 2.79. The highest BCUT2D eigenvalue weighted by molar-refractivity contribution is 7.08. The van der Waals surface area contributed by atoms with Crippen molar-refractivity contribution in [1.29, 1.82) is 0 Å². The fourth-order valence-corrected chi connectivity index (χ4v) is 4.21. The Hall–Kier alpha value is -0.340. The monoisotopic (exact) mass is 237 g/mol. The second-order valence-corrected chi connectivity index (χ2v) is 5.68. The van der Waals surface area contributed by atoms with Gasteiger partial charge in [-0.1, -0.05) is 20.8 Å². The Balaban J connectivity index is 2.17. The smallest absolute Gasteiger partial charge is 0.0135 e. The van der Waals surface area contributed by atoms with Gasteiger partial charge in [-0.3, -0.25) is 0 Å². The van der Waals surface area contributed by atoms with Crippen LogP contribution in [-0.2, 0) is 0 Å². The van der Waals surface area contributed by atoms with E-state index in [9.17, 15) is 0 Å². The first-order chi connectivity index (χ1) is 7.78. The zero-order valence-electron chi connectivity index (χ0n) is 10.6. The molecule has 2 atom stereocenters. The van der Waals surface area contributed by atoms with E-state index in [1.807, 2.05) is 11.3 Å². The van der Waals surface area contributed by atoms with Gasteiger partial charge in [0.2, 0.25) is 0 Å². The normalized spacial score (nSPS) is 27.7. The zero-order valence-corrected chi connectivity index (χ0v) is 11.4. The van der Waals surface area contributed by atoms with Crippen LogP contribution in [0.5, 0.6) is 0 Å². The highest BCUT2D eigenvalue weighted by Gasteiger charge is 2.52. The lowest BCUT2D eigenvalue weighted by Crippen LogP contribution is -2.57. The van der Waals surface area contributed by atoms with Crippen molar-refractivity contribution in [2.75, 3.05) is 6.54 Å². The van der Waals surface area contributed by atoms with Crippen molar-refractivity contribution in [3.63, 3.8) is 0 Å². The summed E-state index contributed by atoms with van der Waals surface area (Å²) < 4.78 is 0. The second-order valence-electron chi connectivity index (χ2n) is 4.90. The zero-order chi connectivity index (χ0) is 11.6. The third kappa shape index (κ3) is 1.72. The van der Waals surface area contributed by atoms with Crippen LogP contribution < -0.4 is 5.32 Å². The summed E-state index contributed by atoms with van der Waals surface area (Å²) in [7, 11) is 0. The second kappa shape index (κ2) is 4.89. The van der Waals surface area contributed by atoms with E-state index in [1.54, 1.807) is 5.56 Å². The van der Waals surface area contributed by atoms with E-state index in [2.05, 4.69) is 42.9 Å². The van der Waals surface area contributed by atoms with Crippen LogP contribution in [0.1, 0.15) is 51.5 Å². The van der Waals surface area contributed by atoms with Crippen LogP contribution in [-0.4, -0.2) is 12.6 Å². The van der Waals surface area contributed by atoms with Gasteiger partial charge < -0.3 is 5.32 Å². The Morgan fingerprint density at radius 1 is 1.38 bits per heavy atom. The molecule has 1 nitrogen and oxygen atoms in total. The third-order valence-corrected chi connectivity index (χ3v) is 5.27. The molecule has 1 heterocycles. The van der Waals surface area contributed by atoms with Gasteiger partial charge in [0, 0.05) is 6.04 Å².